The van der Waals surface area contributed by atoms with Crippen LogP contribution in [0.25, 0.3) is 10.2 Å². The van der Waals surface area contributed by atoms with E-state index in [4.69, 9.17) is 9.47 Å². The predicted molar refractivity (Wildman–Crippen MR) is 139 cm³/mol. The van der Waals surface area contributed by atoms with Crippen LogP contribution < -0.4 is 4.80 Å². The lowest BCUT2D eigenvalue weighted by atomic mass is 10.2. The number of carbonyl (C=O) groups is 2. The molecule has 0 radical (unpaired) electrons. The van der Waals surface area contributed by atoms with Gasteiger partial charge in [0.2, 0.25) is 10.0 Å². The van der Waals surface area contributed by atoms with Gasteiger partial charge in [0, 0.05) is 32.3 Å². The molecule has 0 aliphatic heterocycles. The third-order valence-electron chi connectivity index (χ3n) is 5.22. The third kappa shape index (κ3) is 5.88. The molecule has 0 aliphatic carbocycles. The summed E-state index contributed by atoms with van der Waals surface area (Å²) in [6, 6.07) is 10.7. The standard InChI is InChI=1S/C25H27N3O6S2/c1-5-13-27(14-6-2)36(31,32)20-10-7-18(8-11-20)23(29)26-25-28(15-16-33-3)21-12-9-19(24(30)34-4)17-22(21)35-25/h5-12,17H,1-2,13-16H2,3-4H3. The van der Waals surface area contributed by atoms with Gasteiger partial charge >= 0.3 is 5.97 Å². The molecule has 36 heavy (non-hydrogen) atoms. The van der Waals surface area contributed by atoms with Crippen molar-refractivity contribution in [1.29, 1.82) is 0 Å². The number of amides is 1. The minimum absolute atomic E-state index is 0.0510. The Labute approximate surface area is 213 Å². The van der Waals surface area contributed by atoms with Crippen molar-refractivity contribution >= 4 is 43.5 Å². The smallest absolute Gasteiger partial charge is 0.337 e. The monoisotopic (exact) mass is 529 g/mol. The van der Waals surface area contributed by atoms with E-state index in [1.54, 1.807) is 25.3 Å². The fourth-order valence-corrected chi connectivity index (χ4v) is 5.91. The lowest BCUT2D eigenvalue weighted by Crippen LogP contribution is -2.31. The maximum absolute atomic E-state index is 13.0. The molecule has 0 saturated heterocycles. The Bertz CT molecular complexity index is 1440. The number of esters is 1. The van der Waals surface area contributed by atoms with Crippen LogP contribution in [0.4, 0.5) is 0 Å². The average molecular weight is 530 g/mol. The lowest BCUT2D eigenvalue weighted by molar-refractivity contribution is 0.0600. The lowest BCUT2D eigenvalue weighted by Gasteiger charge is -2.19. The van der Waals surface area contributed by atoms with Gasteiger partial charge in [-0.1, -0.05) is 23.5 Å². The van der Waals surface area contributed by atoms with Gasteiger partial charge < -0.3 is 14.0 Å². The molecule has 0 saturated carbocycles. The molecule has 1 amide bonds. The number of carbonyl (C=O) groups excluding carboxylic acids is 2. The normalized spacial score (nSPS) is 12.1. The summed E-state index contributed by atoms with van der Waals surface area (Å²) < 4.78 is 39.6. The van der Waals surface area contributed by atoms with Crippen LogP contribution in [-0.2, 0) is 26.0 Å². The Morgan fingerprint density at radius 1 is 1.06 bits per heavy atom. The number of sulfonamides is 1. The second kappa shape index (κ2) is 12.0. The zero-order valence-corrected chi connectivity index (χ0v) is 21.7. The second-order valence-corrected chi connectivity index (χ2v) is 10.5. The number of fused-ring (bicyclic) bond motifs is 1. The van der Waals surface area contributed by atoms with Crippen molar-refractivity contribution in [1.82, 2.24) is 8.87 Å². The number of methoxy groups -OCH3 is 2. The Hall–Kier alpha value is -3.38. The number of rotatable bonds is 11. The highest BCUT2D eigenvalue weighted by Crippen LogP contribution is 2.21. The quantitative estimate of drug-likeness (QED) is 0.279. The highest BCUT2D eigenvalue weighted by atomic mass is 32.2. The van der Waals surface area contributed by atoms with Gasteiger partial charge in [0.15, 0.2) is 4.80 Å². The molecule has 2 aromatic carbocycles. The summed E-state index contributed by atoms with van der Waals surface area (Å²) in [7, 11) is -0.891. The molecule has 0 atom stereocenters. The number of ether oxygens (including phenoxy) is 2. The van der Waals surface area contributed by atoms with Crippen LogP contribution in [0.2, 0.25) is 0 Å². The first-order valence-corrected chi connectivity index (χ1v) is 13.1. The molecule has 190 valence electrons. The summed E-state index contributed by atoms with van der Waals surface area (Å²) in [6.07, 6.45) is 2.99. The van der Waals surface area contributed by atoms with Crippen LogP contribution in [-0.4, -0.2) is 63.1 Å². The second-order valence-electron chi connectivity index (χ2n) is 7.54. The first-order chi connectivity index (χ1) is 17.3. The SMILES string of the molecule is C=CCN(CC=C)S(=O)(=O)c1ccc(C(=O)N=c2sc3cc(C(=O)OC)ccc3n2CCOC)cc1. The first-order valence-electron chi connectivity index (χ1n) is 10.9. The third-order valence-corrected chi connectivity index (χ3v) is 8.11. The van der Waals surface area contributed by atoms with Crippen molar-refractivity contribution in [2.45, 2.75) is 11.4 Å². The highest BCUT2D eigenvalue weighted by Gasteiger charge is 2.22. The molecule has 0 spiro atoms. The molecule has 0 aliphatic rings. The van der Waals surface area contributed by atoms with Gasteiger partial charge in [-0.2, -0.15) is 9.30 Å². The molecule has 3 rings (SSSR count). The number of thiazole rings is 1. The van der Waals surface area contributed by atoms with Gasteiger partial charge in [0.25, 0.3) is 5.91 Å². The van der Waals surface area contributed by atoms with Crippen molar-refractivity contribution < 1.29 is 27.5 Å². The van der Waals surface area contributed by atoms with Crippen LogP contribution >= 0.6 is 11.3 Å². The van der Waals surface area contributed by atoms with Crippen molar-refractivity contribution in [2.24, 2.45) is 4.99 Å². The van der Waals surface area contributed by atoms with Gasteiger partial charge in [-0.15, -0.1) is 13.2 Å². The van der Waals surface area contributed by atoms with Gasteiger partial charge in [-0.05, 0) is 42.5 Å². The van der Waals surface area contributed by atoms with Crippen LogP contribution in [0.5, 0.6) is 0 Å². The fraction of sp³-hybridized carbons (Fsp3) is 0.240. The van der Waals surface area contributed by atoms with Crippen LogP contribution in [0.15, 0.2) is 77.7 Å². The molecule has 9 nitrogen and oxygen atoms in total. The average Bonchev–Trinajstić information content (AvgIpc) is 3.22. The van der Waals surface area contributed by atoms with Crippen LogP contribution in [0.3, 0.4) is 0 Å². The summed E-state index contributed by atoms with van der Waals surface area (Å²) in [5, 5.41) is 0. The van der Waals surface area contributed by atoms with E-state index in [0.717, 1.165) is 10.2 Å². The van der Waals surface area contributed by atoms with Gasteiger partial charge in [-0.25, -0.2) is 13.2 Å². The Kier molecular flexibility index (Phi) is 9.10. The van der Waals surface area contributed by atoms with Crippen molar-refractivity contribution in [3.05, 3.63) is 83.7 Å². The Morgan fingerprint density at radius 3 is 2.28 bits per heavy atom. The first kappa shape index (κ1) is 27.2. The van der Waals surface area contributed by atoms with E-state index >= 15 is 0 Å². The number of nitrogens with zero attached hydrogens (tertiary/aromatic N) is 3. The number of benzene rings is 2. The highest BCUT2D eigenvalue weighted by molar-refractivity contribution is 7.89. The predicted octanol–water partition coefficient (Wildman–Crippen LogP) is 3.24. The number of hydrogen-bond acceptors (Lipinski definition) is 7. The van der Waals surface area contributed by atoms with E-state index in [-0.39, 0.29) is 23.5 Å². The molecule has 1 heterocycles. The molecular weight excluding hydrogens is 502 g/mol. The van der Waals surface area contributed by atoms with E-state index in [1.807, 2.05) is 4.57 Å². The van der Waals surface area contributed by atoms with Gasteiger partial charge in [0.1, 0.15) is 0 Å². The number of aromatic nitrogens is 1. The Balaban J connectivity index is 1.99. The zero-order chi connectivity index (χ0) is 26.3. The topological polar surface area (TPSA) is 107 Å². The van der Waals surface area contributed by atoms with E-state index in [2.05, 4.69) is 18.2 Å². The van der Waals surface area contributed by atoms with Crippen molar-refractivity contribution in [3.8, 4) is 0 Å². The molecule has 0 bridgehead atoms. The summed E-state index contributed by atoms with van der Waals surface area (Å²) in [5.41, 5.74) is 1.42. The van der Waals surface area contributed by atoms with E-state index in [0.29, 0.717) is 23.5 Å². The minimum atomic E-state index is -3.78. The molecule has 0 unspecified atom stereocenters. The number of hydrogen-bond donors (Lipinski definition) is 0. The summed E-state index contributed by atoms with van der Waals surface area (Å²) in [5.74, 6) is -0.989. The van der Waals surface area contributed by atoms with Crippen molar-refractivity contribution in [2.75, 3.05) is 33.9 Å². The summed E-state index contributed by atoms with van der Waals surface area (Å²) >= 11 is 1.25. The van der Waals surface area contributed by atoms with E-state index in [9.17, 15) is 18.0 Å². The fourth-order valence-electron chi connectivity index (χ4n) is 3.43. The largest absolute Gasteiger partial charge is 0.465 e. The van der Waals surface area contributed by atoms with Gasteiger partial charge in [0.05, 0.1) is 34.4 Å². The van der Waals surface area contributed by atoms with Crippen LogP contribution in [0, 0.1) is 0 Å². The molecule has 0 fully saturated rings. The van der Waals surface area contributed by atoms with Crippen LogP contribution in [0.1, 0.15) is 20.7 Å². The summed E-state index contributed by atoms with van der Waals surface area (Å²) in [6.45, 7) is 8.30. The Morgan fingerprint density at radius 2 is 1.69 bits per heavy atom. The molecule has 1 aromatic heterocycles. The molecular formula is C25H27N3O6S2. The van der Waals surface area contributed by atoms with Crippen molar-refractivity contribution in [3.63, 3.8) is 0 Å². The molecule has 11 heteroatoms. The zero-order valence-electron chi connectivity index (χ0n) is 20.0. The molecule has 3 aromatic rings. The van der Waals surface area contributed by atoms with Gasteiger partial charge in [-0.3, -0.25) is 4.79 Å². The molecule has 0 N–H and O–H groups in total. The van der Waals surface area contributed by atoms with E-state index < -0.39 is 21.9 Å². The maximum atomic E-state index is 13.0. The summed E-state index contributed by atoms with van der Waals surface area (Å²) in [4.78, 5) is 29.7. The maximum Gasteiger partial charge on any atom is 0.337 e. The minimum Gasteiger partial charge on any atom is -0.465 e. The van der Waals surface area contributed by atoms with E-state index in [1.165, 1.54) is 59.2 Å².